The Morgan fingerprint density at radius 1 is 1.32 bits per heavy atom. The van der Waals surface area contributed by atoms with Gasteiger partial charge in [0.1, 0.15) is 0 Å². The SMILES string of the molecule is CCCc1noc(CN[C@H](C)c2ccc(Cl)cc2)n1. The van der Waals surface area contributed by atoms with Crippen molar-refractivity contribution in [3.63, 3.8) is 0 Å². The zero-order valence-corrected chi connectivity index (χ0v) is 11.9. The number of nitrogens with zero attached hydrogens (tertiary/aromatic N) is 2. The molecule has 1 atom stereocenters. The Labute approximate surface area is 118 Å². The van der Waals surface area contributed by atoms with Gasteiger partial charge in [-0.2, -0.15) is 4.98 Å². The van der Waals surface area contributed by atoms with E-state index in [-0.39, 0.29) is 6.04 Å². The van der Waals surface area contributed by atoms with Gasteiger partial charge in [-0.1, -0.05) is 35.8 Å². The molecule has 102 valence electrons. The number of aryl methyl sites for hydroxylation is 1. The van der Waals surface area contributed by atoms with Crippen LogP contribution in [-0.2, 0) is 13.0 Å². The minimum atomic E-state index is 0.207. The summed E-state index contributed by atoms with van der Waals surface area (Å²) in [7, 11) is 0. The van der Waals surface area contributed by atoms with E-state index in [9.17, 15) is 0 Å². The van der Waals surface area contributed by atoms with Crippen LogP contribution >= 0.6 is 11.6 Å². The molecule has 1 aromatic heterocycles. The largest absolute Gasteiger partial charge is 0.338 e. The molecule has 19 heavy (non-hydrogen) atoms. The lowest BCUT2D eigenvalue weighted by atomic mass is 10.1. The molecule has 0 aliphatic rings. The van der Waals surface area contributed by atoms with Crippen molar-refractivity contribution in [2.45, 2.75) is 39.3 Å². The van der Waals surface area contributed by atoms with Crippen molar-refractivity contribution in [1.82, 2.24) is 15.5 Å². The number of halogens is 1. The van der Waals surface area contributed by atoms with Crippen molar-refractivity contribution >= 4 is 11.6 Å². The Kier molecular flexibility index (Phi) is 4.93. The monoisotopic (exact) mass is 279 g/mol. The van der Waals surface area contributed by atoms with Gasteiger partial charge >= 0.3 is 0 Å². The van der Waals surface area contributed by atoms with Crippen molar-refractivity contribution in [2.24, 2.45) is 0 Å². The second-order valence-electron chi connectivity index (χ2n) is 4.51. The van der Waals surface area contributed by atoms with E-state index in [0.717, 1.165) is 23.7 Å². The topological polar surface area (TPSA) is 51.0 Å². The summed E-state index contributed by atoms with van der Waals surface area (Å²) < 4.78 is 5.18. The normalized spacial score (nSPS) is 12.6. The molecule has 2 rings (SSSR count). The highest BCUT2D eigenvalue weighted by Gasteiger charge is 2.09. The van der Waals surface area contributed by atoms with Gasteiger partial charge < -0.3 is 9.84 Å². The number of aromatic nitrogens is 2. The number of benzene rings is 1. The van der Waals surface area contributed by atoms with E-state index in [0.29, 0.717) is 12.4 Å². The molecule has 5 heteroatoms. The summed E-state index contributed by atoms with van der Waals surface area (Å²) in [5, 5.41) is 8.02. The van der Waals surface area contributed by atoms with Crippen LogP contribution in [0.3, 0.4) is 0 Å². The molecule has 0 amide bonds. The molecule has 0 saturated carbocycles. The van der Waals surface area contributed by atoms with Crippen molar-refractivity contribution in [1.29, 1.82) is 0 Å². The molecule has 0 bridgehead atoms. The zero-order chi connectivity index (χ0) is 13.7. The van der Waals surface area contributed by atoms with Crippen LogP contribution in [0.15, 0.2) is 28.8 Å². The zero-order valence-electron chi connectivity index (χ0n) is 11.2. The average Bonchev–Trinajstić information content (AvgIpc) is 2.85. The van der Waals surface area contributed by atoms with Gasteiger partial charge in [-0.3, -0.25) is 0 Å². The smallest absolute Gasteiger partial charge is 0.240 e. The summed E-state index contributed by atoms with van der Waals surface area (Å²) in [6.07, 6.45) is 1.88. The van der Waals surface area contributed by atoms with Crippen molar-refractivity contribution in [3.8, 4) is 0 Å². The third kappa shape index (κ3) is 4.04. The van der Waals surface area contributed by atoms with Crippen LogP contribution < -0.4 is 5.32 Å². The number of rotatable bonds is 6. The van der Waals surface area contributed by atoms with E-state index in [4.69, 9.17) is 16.1 Å². The summed E-state index contributed by atoms with van der Waals surface area (Å²) in [6, 6.07) is 8.01. The first-order valence-corrected chi connectivity index (χ1v) is 6.87. The Morgan fingerprint density at radius 3 is 2.74 bits per heavy atom. The minimum Gasteiger partial charge on any atom is -0.338 e. The van der Waals surface area contributed by atoms with Gasteiger partial charge in [0.2, 0.25) is 5.89 Å². The maximum atomic E-state index is 5.87. The average molecular weight is 280 g/mol. The van der Waals surface area contributed by atoms with E-state index in [2.05, 4.69) is 29.3 Å². The highest BCUT2D eigenvalue weighted by Crippen LogP contribution is 2.16. The molecule has 1 aromatic carbocycles. The first-order chi connectivity index (χ1) is 9.19. The third-order valence-electron chi connectivity index (χ3n) is 2.91. The van der Waals surface area contributed by atoms with Crippen LogP contribution in [0.1, 0.15) is 43.6 Å². The van der Waals surface area contributed by atoms with Gasteiger partial charge in [0.15, 0.2) is 5.82 Å². The summed E-state index contributed by atoms with van der Waals surface area (Å²) in [5.41, 5.74) is 1.18. The molecule has 0 fully saturated rings. The van der Waals surface area contributed by atoms with E-state index in [1.807, 2.05) is 24.3 Å². The molecule has 1 heterocycles. The maximum absolute atomic E-state index is 5.87. The number of hydrogen-bond donors (Lipinski definition) is 1. The lowest BCUT2D eigenvalue weighted by molar-refractivity contribution is 0.356. The predicted molar refractivity (Wildman–Crippen MR) is 75.0 cm³/mol. The number of nitrogens with one attached hydrogen (secondary N) is 1. The van der Waals surface area contributed by atoms with Gasteiger partial charge in [0, 0.05) is 17.5 Å². The molecule has 0 unspecified atom stereocenters. The molecule has 0 spiro atoms. The molecule has 2 aromatic rings. The van der Waals surface area contributed by atoms with Gasteiger partial charge in [0.05, 0.1) is 6.54 Å². The van der Waals surface area contributed by atoms with E-state index in [1.165, 1.54) is 5.56 Å². The Hall–Kier alpha value is -1.39. The van der Waals surface area contributed by atoms with Gasteiger partial charge in [-0.15, -0.1) is 0 Å². The first-order valence-electron chi connectivity index (χ1n) is 6.49. The van der Waals surface area contributed by atoms with Crippen molar-refractivity contribution in [2.75, 3.05) is 0 Å². The second-order valence-corrected chi connectivity index (χ2v) is 4.94. The second kappa shape index (κ2) is 6.68. The molecule has 0 aliphatic carbocycles. The van der Waals surface area contributed by atoms with Crippen LogP contribution in [0.4, 0.5) is 0 Å². The Balaban J connectivity index is 1.88. The molecular weight excluding hydrogens is 262 g/mol. The van der Waals surface area contributed by atoms with E-state index in [1.54, 1.807) is 0 Å². The lowest BCUT2D eigenvalue weighted by Gasteiger charge is -2.12. The fourth-order valence-corrected chi connectivity index (χ4v) is 1.92. The predicted octanol–water partition coefficient (Wildman–Crippen LogP) is 3.53. The van der Waals surface area contributed by atoms with Crippen molar-refractivity contribution in [3.05, 3.63) is 46.6 Å². The Bertz CT molecular complexity index is 510. The van der Waals surface area contributed by atoms with Crippen LogP contribution in [0, 0.1) is 0 Å². The molecular formula is C14H18ClN3O. The van der Waals surface area contributed by atoms with Crippen LogP contribution in [0.25, 0.3) is 0 Å². The fraction of sp³-hybridized carbons (Fsp3) is 0.429. The summed E-state index contributed by atoms with van der Waals surface area (Å²) >= 11 is 5.87. The van der Waals surface area contributed by atoms with Crippen LogP contribution in [0.5, 0.6) is 0 Å². The highest BCUT2D eigenvalue weighted by molar-refractivity contribution is 6.30. The van der Waals surface area contributed by atoms with E-state index < -0.39 is 0 Å². The van der Waals surface area contributed by atoms with E-state index >= 15 is 0 Å². The fourth-order valence-electron chi connectivity index (χ4n) is 1.80. The quantitative estimate of drug-likeness (QED) is 0.879. The molecule has 0 saturated heterocycles. The standard InChI is InChI=1S/C14H18ClN3O/c1-3-4-13-17-14(19-18-13)9-16-10(2)11-5-7-12(15)8-6-11/h5-8,10,16H,3-4,9H2,1-2H3/t10-/m1/s1. The number of hydrogen-bond acceptors (Lipinski definition) is 4. The minimum absolute atomic E-state index is 0.207. The summed E-state index contributed by atoms with van der Waals surface area (Å²) in [5.74, 6) is 1.41. The third-order valence-corrected chi connectivity index (χ3v) is 3.17. The Morgan fingerprint density at radius 2 is 2.05 bits per heavy atom. The van der Waals surface area contributed by atoms with Crippen molar-refractivity contribution < 1.29 is 4.52 Å². The lowest BCUT2D eigenvalue weighted by Crippen LogP contribution is -2.18. The van der Waals surface area contributed by atoms with Crippen LogP contribution in [0.2, 0.25) is 5.02 Å². The van der Waals surface area contributed by atoms with Crippen LogP contribution in [-0.4, -0.2) is 10.1 Å². The first kappa shape index (κ1) is 14.0. The highest BCUT2D eigenvalue weighted by atomic mass is 35.5. The van der Waals surface area contributed by atoms with Gasteiger partial charge in [-0.05, 0) is 31.0 Å². The molecule has 1 N–H and O–H groups in total. The molecule has 0 radical (unpaired) electrons. The summed E-state index contributed by atoms with van der Waals surface area (Å²) in [6.45, 7) is 4.75. The molecule has 4 nitrogen and oxygen atoms in total. The summed E-state index contributed by atoms with van der Waals surface area (Å²) in [4.78, 5) is 4.32. The van der Waals surface area contributed by atoms with Gasteiger partial charge in [-0.25, -0.2) is 0 Å². The maximum Gasteiger partial charge on any atom is 0.240 e. The molecule has 0 aliphatic heterocycles. The van der Waals surface area contributed by atoms with Gasteiger partial charge in [0.25, 0.3) is 0 Å².